The molecule has 2 aromatic rings. The smallest absolute Gasteiger partial charge is 0.387 e. The maximum atomic E-state index is 12.1. The highest BCUT2D eigenvalue weighted by atomic mass is 35.5. The van der Waals surface area contributed by atoms with Crippen LogP contribution in [0.2, 0.25) is 15.2 Å². The van der Waals surface area contributed by atoms with Crippen molar-refractivity contribution in [3.8, 4) is 5.75 Å². The van der Waals surface area contributed by atoms with Crippen molar-refractivity contribution in [1.82, 2.24) is 4.98 Å². The average Bonchev–Trinajstić information content (AvgIpc) is 2.49. The number of hydrogen-bond acceptors (Lipinski definition) is 4. The van der Waals surface area contributed by atoms with E-state index in [4.69, 9.17) is 34.8 Å². The first-order valence-electron chi connectivity index (χ1n) is 6.24. The molecule has 9 heteroatoms. The molecule has 0 spiro atoms. The van der Waals surface area contributed by atoms with Gasteiger partial charge in [0, 0.05) is 0 Å². The molecule has 0 fully saturated rings. The molecule has 1 aromatic heterocycles. The van der Waals surface area contributed by atoms with Gasteiger partial charge in [-0.25, -0.2) is 4.98 Å². The lowest BCUT2D eigenvalue weighted by Crippen LogP contribution is -2.03. The van der Waals surface area contributed by atoms with Gasteiger partial charge in [0.15, 0.2) is 5.82 Å². The fraction of sp³-hybridized carbons (Fsp3) is 0.143. The molecule has 0 aliphatic rings. The van der Waals surface area contributed by atoms with Gasteiger partial charge in [0.25, 0.3) is 0 Å². The molecule has 0 unspecified atom stereocenters. The molecule has 23 heavy (non-hydrogen) atoms. The van der Waals surface area contributed by atoms with Crippen LogP contribution in [0.4, 0.5) is 14.6 Å². The van der Waals surface area contributed by atoms with Crippen LogP contribution < -0.4 is 10.2 Å². The minimum absolute atomic E-state index is 0.0682. The van der Waals surface area contributed by atoms with Crippen molar-refractivity contribution in [2.45, 2.75) is 13.5 Å². The van der Waals surface area contributed by atoms with E-state index >= 15 is 0 Å². The van der Waals surface area contributed by atoms with Crippen LogP contribution in [0.25, 0.3) is 0 Å². The van der Waals surface area contributed by atoms with Crippen LogP contribution in [-0.2, 0) is 0 Å². The topological polar surface area (TPSA) is 46.5 Å². The summed E-state index contributed by atoms with van der Waals surface area (Å²) in [5.41, 5.74) is 3.96. The molecule has 122 valence electrons. The number of hydrogen-bond donors (Lipinski definition) is 1. The fourth-order valence-corrected chi connectivity index (χ4v) is 2.14. The largest absolute Gasteiger partial charge is 0.435 e. The van der Waals surface area contributed by atoms with E-state index in [0.29, 0.717) is 11.3 Å². The van der Waals surface area contributed by atoms with Gasteiger partial charge in [-0.05, 0) is 42.8 Å². The van der Waals surface area contributed by atoms with Gasteiger partial charge in [0.1, 0.15) is 10.9 Å². The normalized spacial score (nSPS) is 11.7. The second kappa shape index (κ2) is 7.77. The van der Waals surface area contributed by atoms with Gasteiger partial charge in [-0.3, -0.25) is 5.43 Å². The maximum Gasteiger partial charge on any atom is 0.387 e. The molecule has 0 atom stereocenters. The van der Waals surface area contributed by atoms with Crippen molar-refractivity contribution in [1.29, 1.82) is 0 Å². The van der Waals surface area contributed by atoms with Crippen LogP contribution >= 0.6 is 34.8 Å². The van der Waals surface area contributed by atoms with Gasteiger partial charge >= 0.3 is 6.61 Å². The predicted octanol–water partition coefficient (Wildman–Crippen LogP) is 5.48. The highest BCUT2D eigenvalue weighted by molar-refractivity contribution is 6.42. The van der Waals surface area contributed by atoms with Crippen molar-refractivity contribution in [3.05, 3.63) is 51.1 Å². The molecule has 1 heterocycles. The maximum absolute atomic E-state index is 12.1. The van der Waals surface area contributed by atoms with Crippen molar-refractivity contribution in [2.75, 3.05) is 5.43 Å². The lowest BCUT2D eigenvalue weighted by atomic mass is 10.1. The van der Waals surface area contributed by atoms with Crippen LogP contribution in [0.15, 0.2) is 35.4 Å². The first-order valence-corrected chi connectivity index (χ1v) is 7.37. The lowest BCUT2D eigenvalue weighted by molar-refractivity contribution is -0.0498. The number of alkyl halides is 2. The van der Waals surface area contributed by atoms with Gasteiger partial charge in [-0.15, -0.1) is 0 Å². The molecular formula is C14H10Cl3F2N3O. The number of benzene rings is 1. The Bertz CT molecular complexity index is 724. The molecule has 2 rings (SSSR count). The second-order valence-electron chi connectivity index (χ2n) is 4.30. The van der Waals surface area contributed by atoms with E-state index in [1.165, 1.54) is 18.2 Å². The minimum Gasteiger partial charge on any atom is -0.435 e. The molecule has 0 amide bonds. The summed E-state index contributed by atoms with van der Waals surface area (Å²) in [7, 11) is 0. The number of anilines is 1. The van der Waals surface area contributed by atoms with Crippen LogP contribution in [0.5, 0.6) is 5.75 Å². The number of ether oxygens (including phenoxy) is 1. The average molecular weight is 381 g/mol. The van der Waals surface area contributed by atoms with Crippen molar-refractivity contribution in [3.63, 3.8) is 0 Å². The molecular weight excluding hydrogens is 371 g/mol. The number of nitrogens with one attached hydrogen (secondary N) is 1. The molecule has 1 aromatic carbocycles. The summed E-state index contributed by atoms with van der Waals surface area (Å²) in [6.07, 6.45) is 0. The van der Waals surface area contributed by atoms with Gasteiger partial charge in [-0.1, -0.05) is 34.8 Å². The van der Waals surface area contributed by atoms with Crippen LogP contribution in [0, 0.1) is 0 Å². The summed E-state index contributed by atoms with van der Waals surface area (Å²) in [6, 6.07) is 7.49. The number of rotatable bonds is 5. The van der Waals surface area contributed by atoms with E-state index in [9.17, 15) is 8.78 Å². The van der Waals surface area contributed by atoms with Crippen LogP contribution in [-0.4, -0.2) is 17.3 Å². The highest BCUT2D eigenvalue weighted by Gasteiger charge is 2.08. The molecule has 1 N–H and O–H groups in total. The van der Waals surface area contributed by atoms with Crippen LogP contribution in [0.1, 0.15) is 12.5 Å². The van der Waals surface area contributed by atoms with E-state index in [1.54, 1.807) is 19.1 Å². The van der Waals surface area contributed by atoms with Gasteiger partial charge < -0.3 is 4.74 Å². The van der Waals surface area contributed by atoms with Crippen molar-refractivity contribution < 1.29 is 13.5 Å². The van der Waals surface area contributed by atoms with E-state index in [-0.39, 0.29) is 26.8 Å². The quantitative estimate of drug-likeness (QED) is 0.424. The Kier molecular flexibility index (Phi) is 5.98. The first kappa shape index (κ1) is 17.7. The Morgan fingerprint density at radius 1 is 1.17 bits per heavy atom. The number of hydrazone groups is 1. The summed E-state index contributed by atoms with van der Waals surface area (Å²) in [6.45, 7) is -1.14. The van der Waals surface area contributed by atoms with E-state index in [2.05, 4.69) is 20.2 Å². The van der Waals surface area contributed by atoms with Gasteiger partial charge in [-0.2, -0.15) is 13.9 Å². The zero-order valence-corrected chi connectivity index (χ0v) is 13.9. The van der Waals surface area contributed by atoms with Crippen LogP contribution in [0.3, 0.4) is 0 Å². The van der Waals surface area contributed by atoms with Gasteiger partial charge in [0.2, 0.25) is 0 Å². The monoisotopic (exact) mass is 379 g/mol. The zero-order chi connectivity index (χ0) is 17.0. The third-order valence-electron chi connectivity index (χ3n) is 2.71. The Morgan fingerprint density at radius 3 is 2.43 bits per heavy atom. The predicted molar refractivity (Wildman–Crippen MR) is 88.2 cm³/mol. The summed E-state index contributed by atoms with van der Waals surface area (Å²) in [5.74, 6) is 0.316. The standard InChI is InChI=1S/C14H10Cl3F2N3O/c1-7(8-2-4-9(5-3-8)23-14(18)19)21-22-13-11(16)6-10(15)12(17)20-13/h2-6,14H,1H3,(H,20,22)/b21-7+. The lowest BCUT2D eigenvalue weighted by Gasteiger charge is -2.07. The number of halogens is 5. The minimum atomic E-state index is -2.86. The molecule has 0 aliphatic heterocycles. The molecule has 0 bridgehead atoms. The summed E-state index contributed by atoms with van der Waals surface area (Å²) in [4.78, 5) is 3.96. The molecule has 4 nitrogen and oxygen atoms in total. The van der Waals surface area contributed by atoms with E-state index < -0.39 is 6.61 Å². The zero-order valence-electron chi connectivity index (χ0n) is 11.7. The Hall–Kier alpha value is -1.63. The van der Waals surface area contributed by atoms with E-state index in [0.717, 1.165) is 0 Å². The highest BCUT2D eigenvalue weighted by Crippen LogP contribution is 2.28. The second-order valence-corrected chi connectivity index (χ2v) is 5.48. The summed E-state index contributed by atoms with van der Waals surface area (Å²) < 4.78 is 28.5. The fourth-order valence-electron chi connectivity index (χ4n) is 1.60. The van der Waals surface area contributed by atoms with Gasteiger partial charge in [0.05, 0.1) is 15.8 Å². The number of nitrogens with zero attached hydrogens (tertiary/aromatic N) is 2. The SMILES string of the molecule is C/C(=N\Nc1nc(Cl)c(Cl)cc1Cl)c1ccc(OC(F)F)cc1. The molecule has 0 saturated carbocycles. The Labute approximate surface area is 146 Å². The molecule has 0 aliphatic carbocycles. The molecule has 0 radical (unpaired) electrons. The summed E-state index contributed by atoms with van der Waals surface area (Å²) in [5, 5.41) is 4.71. The van der Waals surface area contributed by atoms with Crippen molar-refractivity contribution >= 4 is 46.3 Å². The van der Waals surface area contributed by atoms with E-state index in [1.807, 2.05) is 0 Å². The van der Waals surface area contributed by atoms with Crippen molar-refractivity contribution in [2.24, 2.45) is 5.10 Å². The third-order valence-corrected chi connectivity index (χ3v) is 3.67. The Balaban J connectivity index is 2.12. The third kappa shape index (κ3) is 4.92. The first-order chi connectivity index (χ1) is 10.9. The summed E-state index contributed by atoms with van der Waals surface area (Å²) >= 11 is 17.6. The Morgan fingerprint density at radius 2 is 1.83 bits per heavy atom. The molecule has 0 saturated heterocycles. The number of pyridine rings is 1. The number of aromatic nitrogens is 1.